The molecule has 0 aliphatic heterocycles. The van der Waals surface area contributed by atoms with Crippen molar-refractivity contribution in [3.63, 3.8) is 0 Å². The van der Waals surface area contributed by atoms with Gasteiger partial charge in [-0.15, -0.1) is 0 Å². The molecule has 0 spiro atoms. The molecule has 1 amide bonds. The van der Waals surface area contributed by atoms with Crippen molar-refractivity contribution in [2.24, 2.45) is 0 Å². The van der Waals surface area contributed by atoms with Gasteiger partial charge in [0.2, 0.25) is 5.88 Å². The Balaban J connectivity index is 1.83. The minimum atomic E-state index is -0.468. The number of hydrogen-bond acceptors (Lipinski definition) is 5. The number of pyridine rings is 1. The number of aromatic hydroxyl groups is 1. The fourth-order valence-electron chi connectivity index (χ4n) is 2.07. The van der Waals surface area contributed by atoms with Crippen molar-refractivity contribution < 1.29 is 15.0 Å². The molecule has 0 bridgehead atoms. The summed E-state index contributed by atoms with van der Waals surface area (Å²) >= 11 is 0. The number of anilines is 1. The molecule has 3 rings (SSSR count). The molecule has 1 aromatic carbocycles. The molecule has 3 aromatic rings. The van der Waals surface area contributed by atoms with Gasteiger partial charge < -0.3 is 15.5 Å². The normalized spacial score (nSPS) is 10.5. The molecule has 7 nitrogen and oxygen atoms in total. The summed E-state index contributed by atoms with van der Waals surface area (Å²) in [4.78, 5) is 16.3. The predicted octanol–water partition coefficient (Wildman–Crippen LogP) is 1.72. The molecule has 3 N–H and O–H groups in total. The van der Waals surface area contributed by atoms with E-state index in [1.165, 1.54) is 10.7 Å². The van der Waals surface area contributed by atoms with E-state index in [0.29, 0.717) is 17.1 Å². The van der Waals surface area contributed by atoms with Crippen LogP contribution < -0.4 is 5.32 Å². The van der Waals surface area contributed by atoms with Crippen molar-refractivity contribution in [3.05, 3.63) is 66.0 Å². The number of aliphatic hydroxyl groups excluding tert-OH is 1. The molecule has 0 saturated heterocycles. The Morgan fingerprint density at radius 3 is 2.78 bits per heavy atom. The Morgan fingerprint density at radius 2 is 2.04 bits per heavy atom. The Labute approximate surface area is 131 Å². The predicted molar refractivity (Wildman–Crippen MR) is 83.3 cm³/mol. The number of amides is 1. The van der Waals surface area contributed by atoms with Gasteiger partial charge in [-0.25, -0.2) is 4.98 Å². The smallest absolute Gasteiger partial charge is 0.276 e. The molecule has 0 aliphatic carbocycles. The number of carbonyl (C=O) groups excluding carboxylic acids is 1. The van der Waals surface area contributed by atoms with Crippen molar-refractivity contribution in [2.75, 3.05) is 5.32 Å². The molecule has 0 fully saturated rings. The van der Waals surface area contributed by atoms with Crippen LogP contribution in [0, 0.1) is 0 Å². The molecule has 23 heavy (non-hydrogen) atoms. The number of rotatable bonds is 4. The molecule has 0 atom stereocenters. The monoisotopic (exact) mass is 310 g/mol. The molecule has 0 unspecified atom stereocenters. The van der Waals surface area contributed by atoms with E-state index in [0.717, 1.165) is 0 Å². The zero-order valence-electron chi connectivity index (χ0n) is 12.0. The number of carbonyl (C=O) groups is 1. The van der Waals surface area contributed by atoms with Crippen molar-refractivity contribution in [2.45, 2.75) is 6.61 Å². The topological polar surface area (TPSA) is 100 Å². The van der Waals surface area contributed by atoms with E-state index in [9.17, 15) is 9.90 Å². The lowest BCUT2D eigenvalue weighted by molar-refractivity contribution is 0.102. The third-order valence-corrected chi connectivity index (χ3v) is 3.16. The summed E-state index contributed by atoms with van der Waals surface area (Å²) in [5.74, 6) is -0.241. The minimum absolute atomic E-state index is 0.0579. The maximum absolute atomic E-state index is 12.2. The highest BCUT2D eigenvalue weighted by Crippen LogP contribution is 2.18. The van der Waals surface area contributed by atoms with Crippen LogP contribution in [0.4, 0.5) is 5.69 Å². The molecule has 0 aliphatic rings. The summed E-state index contributed by atoms with van der Waals surface area (Å²) in [7, 11) is 0. The fraction of sp³-hybridized carbons (Fsp3) is 0.0625. The number of aromatic nitrogens is 3. The van der Waals surface area contributed by atoms with E-state index in [-0.39, 0.29) is 18.2 Å². The SMILES string of the molecule is O=C(Nc1cccc(CO)c1)c1cc(O)n(-c2ccccn2)n1. The summed E-state index contributed by atoms with van der Waals surface area (Å²) < 4.78 is 1.18. The Hall–Kier alpha value is -3.19. The summed E-state index contributed by atoms with van der Waals surface area (Å²) in [6, 6.07) is 13.3. The molecule has 0 radical (unpaired) electrons. The third kappa shape index (κ3) is 3.19. The van der Waals surface area contributed by atoms with Crippen molar-refractivity contribution in [1.29, 1.82) is 0 Å². The second kappa shape index (κ2) is 6.29. The third-order valence-electron chi connectivity index (χ3n) is 3.16. The van der Waals surface area contributed by atoms with Gasteiger partial charge >= 0.3 is 0 Å². The first kappa shape index (κ1) is 14.7. The van der Waals surface area contributed by atoms with E-state index in [2.05, 4.69) is 15.4 Å². The molecule has 116 valence electrons. The number of nitrogens with zero attached hydrogens (tertiary/aromatic N) is 3. The van der Waals surface area contributed by atoms with Gasteiger partial charge in [0, 0.05) is 18.0 Å². The van der Waals surface area contributed by atoms with Gasteiger partial charge in [0.05, 0.1) is 6.61 Å². The van der Waals surface area contributed by atoms with Gasteiger partial charge in [0.15, 0.2) is 11.5 Å². The highest BCUT2D eigenvalue weighted by molar-refractivity contribution is 6.03. The van der Waals surface area contributed by atoms with Crippen molar-refractivity contribution in [3.8, 4) is 11.7 Å². The van der Waals surface area contributed by atoms with Gasteiger partial charge in [0.1, 0.15) is 0 Å². The van der Waals surface area contributed by atoms with E-state index in [4.69, 9.17) is 5.11 Å². The fourth-order valence-corrected chi connectivity index (χ4v) is 2.07. The molecule has 0 saturated carbocycles. The quantitative estimate of drug-likeness (QED) is 0.681. The highest BCUT2D eigenvalue weighted by Gasteiger charge is 2.15. The lowest BCUT2D eigenvalue weighted by Crippen LogP contribution is -2.13. The summed E-state index contributed by atoms with van der Waals surface area (Å²) in [5.41, 5.74) is 1.28. The van der Waals surface area contributed by atoms with Crippen molar-refractivity contribution >= 4 is 11.6 Å². The molecular formula is C16H14N4O3. The van der Waals surface area contributed by atoms with Gasteiger partial charge in [-0.05, 0) is 29.8 Å². The highest BCUT2D eigenvalue weighted by atomic mass is 16.3. The van der Waals surface area contributed by atoms with Crippen LogP contribution in [-0.2, 0) is 6.61 Å². The molecule has 2 aromatic heterocycles. The maximum atomic E-state index is 12.2. The van der Waals surface area contributed by atoms with Crippen LogP contribution in [0.1, 0.15) is 16.1 Å². The molecular weight excluding hydrogens is 296 g/mol. The minimum Gasteiger partial charge on any atom is -0.493 e. The maximum Gasteiger partial charge on any atom is 0.276 e. The first-order chi connectivity index (χ1) is 11.2. The zero-order valence-corrected chi connectivity index (χ0v) is 12.0. The van der Waals surface area contributed by atoms with Crippen LogP contribution in [0.25, 0.3) is 5.82 Å². The summed E-state index contributed by atoms with van der Waals surface area (Å²) in [6.07, 6.45) is 1.57. The van der Waals surface area contributed by atoms with Gasteiger partial charge in [-0.2, -0.15) is 9.78 Å². The van der Waals surface area contributed by atoms with E-state index in [1.54, 1.807) is 48.7 Å². The van der Waals surface area contributed by atoms with Gasteiger partial charge in [-0.1, -0.05) is 18.2 Å². The van der Waals surface area contributed by atoms with Crippen LogP contribution in [0.5, 0.6) is 5.88 Å². The first-order valence-electron chi connectivity index (χ1n) is 6.89. The van der Waals surface area contributed by atoms with Crippen LogP contribution in [0.15, 0.2) is 54.7 Å². The van der Waals surface area contributed by atoms with Crippen LogP contribution in [-0.4, -0.2) is 30.9 Å². The lowest BCUT2D eigenvalue weighted by Gasteiger charge is -2.04. The second-order valence-electron chi connectivity index (χ2n) is 4.80. The Bertz CT molecular complexity index is 830. The van der Waals surface area contributed by atoms with E-state index < -0.39 is 5.91 Å². The average molecular weight is 310 g/mol. The summed E-state index contributed by atoms with van der Waals surface area (Å²) in [5, 5.41) is 25.8. The first-order valence-corrected chi connectivity index (χ1v) is 6.89. The number of nitrogens with one attached hydrogen (secondary N) is 1. The molecule has 2 heterocycles. The van der Waals surface area contributed by atoms with Gasteiger partial charge in [0.25, 0.3) is 5.91 Å². The summed E-state index contributed by atoms with van der Waals surface area (Å²) in [6.45, 7) is -0.112. The van der Waals surface area contributed by atoms with Crippen LogP contribution >= 0.6 is 0 Å². The number of benzene rings is 1. The van der Waals surface area contributed by atoms with E-state index >= 15 is 0 Å². The van der Waals surface area contributed by atoms with Crippen molar-refractivity contribution in [1.82, 2.24) is 14.8 Å². The Kier molecular flexibility index (Phi) is 4.03. The number of hydrogen-bond donors (Lipinski definition) is 3. The zero-order chi connectivity index (χ0) is 16.2. The number of aliphatic hydroxyl groups is 1. The second-order valence-corrected chi connectivity index (χ2v) is 4.80. The molecule has 7 heteroatoms. The van der Waals surface area contributed by atoms with E-state index in [1.807, 2.05) is 0 Å². The largest absolute Gasteiger partial charge is 0.493 e. The van der Waals surface area contributed by atoms with Crippen LogP contribution in [0.2, 0.25) is 0 Å². The lowest BCUT2D eigenvalue weighted by atomic mass is 10.2. The van der Waals surface area contributed by atoms with Crippen LogP contribution in [0.3, 0.4) is 0 Å². The average Bonchev–Trinajstić information content (AvgIpc) is 2.98. The Morgan fingerprint density at radius 1 is 1.17 bits per heavy atom. The van der Waals surface area contributed by atoms with Gasteiger partial charge in [-0.3, -0.25) is 4.79 Å². The standard InChI is InChI=1S/C16H14N4O3/c21-10-11-4-3-5-12(8-11)18-16(23)13-9-15(22)20(19-13)14-6-1-2-7-17-14/h1-9,21-22H,10H2,(H,18,23).